The predicted octanol–water partition coefficient (Wildman–Crippen LogP) is 4.09. The quantitative estimate of drug-likeness (QED) is 0.722. The summed E-state index contributed by atoms with van der Waals surface area (Å²) in [6.07, 6.45) is 1.89. The zero-order chi connectivity index (χ0) is 19.8. The predicted molar refractivity (Wildman–Crippen MR) is 107 cm³/mol. The van der Waals surface area contributed by atoms with Crippen LogP contribution in [0, 0.1) is 0 Å². The van der Waals surface area contributed by atoms with E-state index in [0.717, 1.165) is 41.2 Å². The van der Waals surface area contributed by atoms with Crippen molar-refractivity contribution in [2.45, 2.75) is 18.9 Å². The summed E-state index contributed by atoms with van der Waals surface area (Å²) in [7, 11) is 1.65. The van der Waals surface area contributed by atoms with Crippen LogP contribution in [0.2, 0.25) is 0 Å². The third-order valence-electron chi connectivity index (χ3n) is 5.50. The van der Waals surface area contributed by atoms with Crippen LogP contribution in [-0.2, 0) is 0 Å². The number of benzene rings is 2. The van der Waals surface area contributed by atoms with Gasteiger partial charge in [-0.3, -0.25) is 4.79 Å². The summed E-state index contributed by atoms with van der Waals surface area (Å²) in [5.41, 5.74) is 3.18. The topological polar surface area (TPSA) is 76.8 Å². The van der Waals surface area contributed by atoms with E-state index < -0.39 is 0 Å². The Hall–Kier alpha value is -3.48. The molecule has 0 radical (unpaired) electrons. The molecule has 3 aromatic rings. The third kappa shape index (κ3) is 3.18. The highest BCUT2D eigenvalue weighted by Crippen LogP contribution is 2.36. The Kier molecular flexibility index (Phi) is 4.35. The number of carbonyl (C=O) groups is 1. The standard InChI is InChI=1S/C22H21N3O4/c1-27-16-7-4-14(5-8-16)19-3-2-10-25(19)22(26)18-12-21(29-24-18)15-6-9-20-17(11-15)23-13-28-20/h4-9,11-12,19,23H,2-3,10,13H2,1H3. The van der Waals surface area contributed by atoms with E-state index in [-0.39, 0.29) is 11.9 Å². The molecule has 2 aliphatic heterocycles. The highest BCUT2D eigenvalue weighted by Gasteiger charge is 2.32. The van der Waals surface area contributed by atoms with E-state index in [1.807, 2.05) is 47.4 Å². The summed E-state index contributed by atoms with van der Waals surface area (Å²) in [5, 5.41) is 7.20. The second kappa shape index (κ2) is 7.16. The van der Waals surface area contributed by atoms with Gasteiger partial charge in [0.05, 0.1) is 18.8 Å². The van der Waals surface area contributed by atoms with Crippen molar-refractivity contribution in [3.05, 3.63) is 59.8 Å². The third-order valence-corrected chi connectivity index (χ3v) is 5.50. The van der Waals surface area contributed by atoms with Crippen molar-refractivity contribution < 1.29 is 18.8 Å². The molecular weight excluding hydrogens is 370 g/mol. The maximum Gasteiger partial charge on any atom is 0.276 e. The zero-order valence-corrected chi connectivity index (χ0v) is 16.1. The van der Waals surface area contributed by atoms with Gasteiger partial charge in [0.2, 0.25) is 0 Å². The SMILES string of the molecule is COc1ccc(C2CCCN2C(=O)c2cc(-c3ccc4c(c3)NCO4)on2)cc1. The van der Waals surface area contributed by atoms with Gasteiger partial charge in [0.1, 0.15) is 11.5 Å². The first-order valence-electron chi connectivity index (χ1n) is 9.65. The molecule has 5 rings (SSSR count). The molecule has 1 atom stereocenters. The molecule has 7 heteroatoms. The van der Waals surface area contributed by atoms with Crippen molar-refractivity contribution in [2.24, 2.45) is 0 Å². The van der Waals surface area contributed by atoms with Gasteiger partial charge in [-0.15, -0.1) is 0 Å². The van der Waals surface area contributed by atoms with E-state index in [9.17, 15) is 4.79 Å². The molecule has 29 heavy (non-hydrogen) atoms. The first kappa shape index (κ1) is 17.6. The van der Waals surface area contributed by atoms with E-state index in [4.69, 9.17) is 14.0 Å². The van der Waals surface area contributed by atoms with E-state index in [2.05, 4.69) is 10.5 Å². The number of methoxy groups -OCH3 is 1. The minimum atomic E-state index is -0.110. The number of aromatic nitrogens is 1. The van der Waals surface area contributed by atoms with Crippen LogP contribution >= 0.6 is 0 Å². The van der Waals surface area contributed by atoms with Gasteiger partial charge in [0.25, 0.3) is 5.91 Å². The van der Waals surface area contributed by atoms with E-state index in [0.29, 0.717) is 24.7 Å². The van der Waals surface area contributed by atoms with Crippen LogP contribution in [0.15, 0.2) is 53.1 Å². The summed E-state index contributed by atoms with van der Waals surface area (Å²) in [5.74, 6) is 2.06. The fourth-order valence-electron chi connectivity index (χ4n) is 3.98. The summed E-state index contributed by atoms with van der Waals surface area (Å²) in [4.78, 5) is 15.0. The largest absolute Gasteiger partial charge is 0.497 e. The van der Waals surface area contributed by atoms with Crippen LogP contribution in [0.3, 0.4) is 0 Å². The molecule has 1 unspecified atom stereocenters. The molecule has 1 N–H and O–H groups in total. The van der Waals surface area contributed by atoms with Crippen LogP contribution in [-0.4, -0.2) is 36.3 Å². The van der Waals surface area contributed by atoms with Crippen molar-refractivity contribution in [1.29, 1.82) is 0 Å². The number of hydrogen-bond donors (Lipinski definition) is 1. The fourth-order valence-corrected chi connectivity index (χ4v) is 3.98. The van der Waals surface area contributed by atoms with Gasteiger partial charge in [-0.1, -0.05) is 17.3 Å². The second-order valence-corrected chi connectivity index (χ2v) is 7.18. The number of nitrogens with one attached hydrogen (secondary N) is 1. The first-order chi connectivity index (χ1) is 14.2. The molecule has 1 saturated heterocycles. The fraction of sp³-hybridized carbons (Fsp3) is 0.273. The average Bonchev–Trinajstić information content (AvgIpc) is 3.53. The summed E-state index contributed by atoms with van der Waals surface area (Å²) in [6, 6.07) is 15.4. The zero-order valence-electron chi connectivity index (χ0n) is 16.1. The molecule has 1 aromatic heterocycles. The molecule has 0 aliphatic carbocycles. The number of nitrogens with zero attached hydrogens (tertiary/aromatic N) is 2. The molecule has 2 aliphatic rings. The Morgan fingerprint density at radius 1 is 1.21 bits per heavy atom. The van der Waals surface area contributed by atoms with E-state index in [1.54, 1.807) is 13.2 Å². The van der Waals surface area contributed by atoms with Gasteiger partial charge >= 0.3 is 0 Å². The number of amides is 1. The molecular formula is C22H21N3O4. The Balaban J connectivity index is 1.37. The van der Waals surface area contributed by atoms with Gasteiger partial charge in [-0.25, -0.2) is 0 Å². The smallest absolute Gasteiger partial charge is 0.276 e. The molecule has 148 valence electrons. The lowest BCUT2D eigenvalue weighted by Crippen LogP contribution is -2.30. The first-order valence-corrected chi connectivity index (χ1v) is 9.65. The lowest BCUT2D eigenvalue weighted by Gasteiger charge is -2.24. The normalized spacial score (nSPS) is 17.6. The highest BCUT2D eigenvalue weighted by atomic mass is 16.5. The van der Waals surface area contributed by atoms with E-state index in [1.165, 1.54) is 0 Å². The van der Waals surface area contributed by atoms with Gasteiger partial charge in [0, 0.05) is 18.2 Å². The average molecular weight is 391 g/mol. The molecule has 1 fully saturated rings. The minimum Gasteiger partial charge on any atom is -0.497 e. The summed E-state index contributed by atoms with van der Waals surface area (Å²) >= 11 is 0. The molecule has 2 aromatic carbocycles. The number of likely N-dealkylation sites (tertiary alicyclic amines) is 1. The van der Waals surface area contributed by atoms with Gasteiger partial charge in [0.15, 0.2) is 18.2 Å². The summed E-state index contributed by atoms with van der Waals surface area (Å²) in [6.45, 7) is 1.17. The van der Waals surface area contributed by atoms with Crippen molar-refractivity contribution in [2.75, 3.05) is 25.7 Å². The highest BCUT2D eigenvalue weighted by molar-refractivity contribution is 5.93. The van der Waals surface area contributed by atoms with Crippen LogP contribution in [0.25, 0.3) is 11.3 Å². The van der Waals surface area contributed by atoms with Crippen molar-refractivity contribution >= 4 is 11.6 Å². The Morgan fingerprint density at radius 3 is 2.90 bits per heavy atom. The lowest BCUT2D eigenvalue weighted by molar-refractivity contribution is 0.0725. The van der Waals surface area contributed by atoms with Crippen LogP contribution in [0.1, 0.15) is 34.9 Å². The Morgan fingerprint density at radius 2 is 2.07 bits per heavy atom. The molecule has 0 bridgehead atoms. The number of anilines is 1. The number of carbonyl (C=O) groups excluding carboxylic acids is 1. The minimum absolute atomic E-state index is 0.0369. The molecule has 7 nitrogen and oxygen atoms in total. The maximum atomic E-state index is 13.1. The van der Waals surface area contributed by atoms with Gasteiger partial charge in [-0.2, -0.15) is 0 Å². The number of ether oxygens (including phenoxy) is 2. The second-order valence-electron chi connectivity index (χ2n) is 7.18. The summed E-state index contributed by atoms with van der Waals surface area (Å²) < 4.78 is 16.2. The maximum absolute atomic E-state index is 13.1. The van der Waals surface area contributed by atoms with Crippen molar-refractivity contribution in [1.82, 2.24) is 10.1 Å². The number of hydrogen-bond acceptors (Lipinski definition) is 6. The van der Waals surface area contributed by atoms with Crippen molar-refractivity contribution in [3.8, 4) is 22.8 Å². The number of fused-ring (bicyclic) bond motifs is 1. The Bertz CT molecular complexity index is 1040. The van der Waals surface area contributed by atoms with Crippen LogP contribution in [0.4, 0.5) is 5.69 Å². The molecule has 1 amide bonds. The molecule has 0 saturated carbocycles. The van der Waals surface area contributed by atoms with Gasteiger partial charge in [-0.05, 0) is 48.7 Å². The molecule has 3 heterocycles. The van der Waals surface area contributed by atoms with Crippen LogP contribution < -0.4 is 14.8 Å². The number of rotatable bonds is 4. The van der Waals surface area contributed by atoms with Crippen LogP contribution in [0.5, 0.6) is 11.5 Å². The molecule has 0 spiro atoms. The van der Waals surface area contributed by atoms with E-state index >= 15 is 0 Å². The van der Waals surface area contributed by atoms with Crippen molar-refractivity contribution in [3.63, 3.8) is 0 Å². The Labute approximate surface area is 168 Å². The van der Waals surface area contributed by atoms with Gasteiger partial charge < -0.3 is 24.2 Å². The monoisotopic (exact) mass is 391 g/mol. The lowest BCUT2D eigenvalue weighted by atomic mass is 10.0.